The molecule has 0 spiro atoms. The second-order valence-corrected chi connectivity index (χ2v) is 5.01. The van der Waals surface area contributed by atoms with Gasteiger partial charge < -0.3 is 9.30 Å². The normalized spacial score (nSPS) is 11.4. The molecule has 0 aliphatic heterocycles. The fraction of sp³-hybridized carbons (Fsp3) is 0.0526. The molecule has 23 heavy (non-hydrogen) atoms. The third-order valence-corrected chi connectivity index (χ3v) is 3.75. The van der Waals surface area contributed by atoms with Gasteiger partial charge in [0.2, 0.25) is 0 Å². The zero-order chi connectivity index (χ0) is 16.4. The third kappa shape index (κ3) is 2.39. The number of nitrogens with zero attached hydrogens (tertiary/aromatic N) is 2. The van der Waals surface area contributed by atoms with Gasteiger partial charge in [0.05, 0.1) is 18.1 Å². The number of esters is 1. The van der Waals surface area contributed by atoms with Gasteiger partial charge in [-0.2, -0.15) is 5.26 Å². The van der Waals surface area contributed by atoms with Gasteiger partial charge in [0.1, 0.15) is 11.6 Å². The summed E-state index contributed by atoms with van der Waals surface area (Å²) in [4.78, 5) is 11.5. The van der Waals surface area contributed by atoms with E-state index in [1.165, 1.54) is 13.2 Å². The molecular formula is C19H14N2O2. The van der Waals surface area contributed by atoms with E-state index in [9.17, 15) is 4.79 Å². The van der Waals surface area contributed by atoms with Gasteiger partial charge >= 0.3 is 5.97 Å². The number of para-hydroxylation sites is 1. The molecule has 1 heterocycles. The van der Waals surface area contributed by atoms with E-state index in [4.69, 9.17) is 5.26 Å². The minimum absolute atomic E-state index is 0.0284. The molecule has 112 valence electrons. The second-order valence-electron chi connectivity index (χ2n) is 5.01. The Kier molecular flexibility index (Phi) is 3.70. The van der Waals surface area contributed by atoms with Crippen molar-refractivity contribution in [1.29, 1.82) is 5.26 Å². The predicted molar refractivity (Wildman–Crippen MR) is 91.4 cm³/mol. The lowest BCUT2D eigenvalue weighted by Crippen LogP contribution is -2.02. The Morgan fingerprint density at radius 1 is 1.22 bits per heavy atom. The maximum Gasteiger partial charge on any atom is 0.348 e. The second kappa shape index (κ2) is 5.82. The average Bonchev–Trinajstić information content (AvgIpc) is 2.92. The zero-order valence-corrected chi connectivity index (χ0v) is 12.6. The Bertz CT molecular complexity index is 1000. The Morgan fingerprint density at radius 3 is 2.65 bits per heavy atom. The lowest BCUT2D eigenvalue weighted by molar-refractivity contribution is -0.135. The number of aromatic nitrogens is 1. The molecule has 0 aliphatic rings. The van der Waals surface area contributed by atoms with Crippen molar-refractivity contribution in [3.05, 3.63) is 60.2 Å². The number of carbonyl (C=O) groups excluding carboxylic acids is 1. The van der Waals surface area contributed by atoms with E-state index in [0.717, 1.165) is 27.4 Å². The van der Waals surface area contributed by atoms with Gasteiger partial charge in [-0.3, -0.25) is 0 Å². The lowest BCUT2D eigenvalue weighted by Gasteiger charge is -2.00. The summed E-state index contributed by atoms with van der Waals surface area (Å²) in [7, 11) is 1.26. The van der Waals surface area contributed by atoms with E-state index in [2.05, 4.69) is 11.3 Å². The minimum atomic E-state index is -0.638. The van der Waals surface area contributed by atoms with Crippen molar-refractivity contribution in [2.45, 2.75) is 0 Å². The number of hydrogen-bond donors (Lipinski definition) is 0. The van der Waals surface area contributed by atoms with Gasteiger partial charge in [0.25, 0.3) is 0 Å². The maximum absolute atomic E-state index is 11.5. The van der Waals surface area contributed by atoms with Gasteiger partial charge in [-0.15, -0.1) is 0 Å². The van der Waals surface area contributed by atoms with Crippen LogP contribution in [0.2, 0.25) is 0 Å². The molecule has 0 saturated carbocycles. The van der Waals surface area contributed by atoms with Crippen LogP contribution in [0.3, 0.4) is 0 Å². The van der Waals surface area contributed by atoms with Crippen molar-refractivity contribution < 1.29 is 9.53 Å². The van der Waals surface area contributed by atoms with Gasteiger partial charge in [-0.05, 0) is 29.8 Å². The summed E-state index contributed by atoms with van der Waals surface area (Å²) in [5, 5.41) is 11.2. The number of carbonyl (C=O) groups is 1. The van der Waals surface area contributed by atoms with E-state index >= 15 is 0 Å². The fourth-order valence-corrected chi connectivity index (χ4v) is 2.72. The molecule has 0 saturated heterocycles. The maximum atomic E-state index is 11.5. The summed E-state index contributed by atoms with van der Waals surface area (Å²) in [5.41, 5.74) is 2.83. The number of methoxy groups -OCH3 is 1. The van der Waals surface area contributed by atoms with E-state index in [-0.39, 0.29) is 5.57 Å². The van der Waals surface area contributed by atoms with Crippen molar-refractivity contribution in [3.63, 3.8) is 0 Å². The number of rotatable bonds is 3. The number of hydrogen-bond acceptors (Lipinski definition) is 3. The Balaban J connectivity index is 2.26. The van der Waals surface area contributed by atoms with Crippen molar-refractivity contribution in [1.82, 2.24) is 4.57 Å². The Labute approximate surface area is 133 Å². The molecule has 0 fully saturated rings. The first-order chi connectivity index (χ1) is 11.2. The highest BCUT2D eigenvalue weighted by Gasteiger charge is 2.11. The van der Waals surface area contributed by atoms with E-state index in [1.54, 1.807) is 6.20 Å². The van der Waals surface area contributed by atoms with Crippen molar-refractivity contribution >= 4 is 40.1 Å². The topological polar surface area (TPSA) is 55.0 Å². The average molecular weight is 302 g/mol. The van der Waals surface area contributed by atoms with Crippen LogP contribution in [0.1, 0.15) is 5.56 Å². The van der Waals surface area contributed by atoms with Crippen LogP contribution in [0.4, 0.5) is 0 Å². The lowest BCUT2D eigenvalue weighted by atomic mass is 10.1. The molecule has 3 aromatic rings. The summed E-state index contributed by atoms with van der Waals surface area (Å²) >= 11 is 0. The molecule has 2 aromatic carbocycles. The number of fused-ring (bicyclic) bond motifs is 3. The molecular weight excluding hydrogens is 288 g/mol. The molecule has 4 nitrogen and oxygen atoms in total. The van der Waals surface area contributed by atoms with E-state index < -0.39 is 5.97 Å². The van der Waals surface area contributed by atoms with Crippen molar-refractivity contribution in [2.75, 3.05) is 7.11 Å². The van der Waals surface area contributed by atoms with Crippen LogP contribution >= 0.6 is 0 Å². The van der Waals surface area contributed by atoms with Crippen LogP contribution in [0.15, 0.2) is 54.6 Å². The molecule has 0 N–H and O–H groups in total. The number of nitriles is 1. The Hall–Kier alpha value is -3.32. The Morgan fingerprint density at radius 2 is 1.96 bits per heavy atom. The quantitative estimate of drug-likeness (QED) is 0.418. The largest absolute Gasteiger partial charge is 0.465 e. The first kappa shape index (κ1) is 14.6. The van der Waals surface area contributed by atoms with E-state index in [1.807, 2.05) is 53.1 Å². The van der Waals surface area contributed by atoms with Crippen molar-refractivity contribution in [2.24, 2.45) is 0 Å². The highest BCUT2D eigenvalue weighted by atomic mass is 16.5. The summed E-state index contributed by atoms with van der Waals surface area (Å²) in [6, 6.07) is 15.7. The van der Waals surface area contributed by atoms with Crippen LogP contribution < -0.4 is 0 Å². The summed E-state index contributed by atoms with van der Waals surface area (Å²) in [6.07, 6.45) is 3.31. The van der Waals surface area contributed by atoms with Crippen LogP contribution in [-0.2, 0) is 9.53 Å². The molecule has 0 unspecified atom stereocenters. The number of benzene rings is 2. The third-order valence-electron chi connectivity index (χ3n) is 3.75. The fourth-order valence-electron chi connectivity index (χ4n) is 2.72. The molecule has 0 radical (unpaired) electrons. The molecule has 0 bridgehead atoms. The number of ether oxygens (including phenoxy) is 1. The summed E-state index contributed by atoms with van der Waals surface area (Å²) in [6.45, 7) is 3.87. The molecule has 0 amide bonds. The molecule has 0 atom stereocenters. The molecule has 4 heteroatoms. The van der Waals surface area contributed by atoms with Gasteiger partial charge in [0, 0.05) is 17.0 Å². The predicted octanol–water partition coefficient (Wildman–Crippen LogP) is 3.97. The first-order valence-electron chi connectivity index (χ1n) is 7.05. The summed E-state index contributed by atoms with van der Waals surface area (Å²) < 4.78 is 6.63. The highest BCUT2D eigenvalue weighted by Crippen LogP contribution is 2.30. The standard InChI is InChI=1S/C19H14N2O2/c1-3-21-17-7-5-4-6-15(17)16-11-13(8-9-18(16)21)10-14(12-20)19(22)23-2/h3-11H,1H2,2H3/b14-10-. The first-order valence-corrected chi connectivity index (χ1v) is 7.05. The smallest absolute Gasteiger partial charge is 0.348 e. The SMILES string of the molecule is C=Cn1c2ccccc2c2cc(/C=C(/C#N)C(=O)OC)ccc21. The molecule has 1 aromatic heterocycles. The van der Waals surface area contributed by atoms with Crippen molar-refractivity contribution in [3.8, 4) is 6.07 Å². The monoisotopic (exact) mass is 302 g/mol. The van der Waals surface area contributed by atoms with E-state index in [0.29, 0.717) is 0 Å². The van der Waals surface area contributed by atoms with Gasteiger partial charge in [-0.1, -0.05) is 30.8 Å². The van der Waals surface area contributed by atoms with Crippen LogP contribution in [0.5, 0.6) is 0 Å². The van der Waals surface area contributed by atoms with Gasteiger partial charge in [-0.25, -0.2) is 4.79 Å². The van der Waals surface area contributed by atoms with Crippen LogP contribution in [0, 0.1) is 11.3 Å². The van der Waals surface area contributed by atoms with Crippen LogP contribution in [0.25, 0.3) is 34.1 Å². The highest BCUT2D eigenvalue weighted by molar-refractivity contribution is 6.10. The molecule has 0 aliphatic carbocycles. The summed E-state index contributed by atoms with van der Waals surface area (Å²) in [5.74, 6) is -0.638. The molecule has 3 rings (SSSR count). The van der Waals surface area contributed by atoms with Crippen LogP contribution in [-0.4, -0.2) is 17.6 Å². The minimum Gasteiger partial charge on any atom is -0.465 e. The zero-order valence-electron chi connectivity index (χ0n) is 12.6. The van der Waals surface area contributed by atoms with Gasteiger partial charge in [0.15, 0.2) is 0 Å².